The van der Waals surface area contributed by atoms with Crippen molar-refractivity contribution in [2.75, 3.05) is 7.05 Å². The molecule has 2 N–H and O–H groups in total. The summed E-state index contributed by atoms with van der Waals surface area (Å²) >= 11 is 0. The summed E-state index contributed by atoms with van der Waals surface area (Å²) < 4.78 is 6.35. The standard InChI is InChI=1S/C23H24N2O2/c1-16(26)23(25(2)15-17-9-4-3-5-10-17)27-21-14-8-13-20-22(21)18-11-6-7-12-19(18)24-20/h3-14,16,23-24,26H,15H2,1-2H3. The third-order valence-corrected chi connectivity index (χ3v) is 4.86. The molecule has 0 bridgehead atoms. The van der Waals surface area contributed by atoms with Gasteiger partial charge in [0.1, 0.15) is 11.9 Å². The number of rotatable bonds is 6. The van der Waals surface area contributed by atoms with Crippen molar-refractivity contribution in [3.8, 4) is 5.75 Å². The molecule has 4 heteroatoms. The molecule has 0 saturated heterocycles. The van der Waals surface area contributed by atoms with Crippen LogP contribution in [-0.2, 0) is 6.54 Å². The number of H-pyrrole nitrogens is 1. The minimum Gasteiger partial charge on any atom is -0.472 e. The maximum atomic E-state index is 10.4. The number of aliphatic hydroxyl groups is 1. The van der Waals surface area contributed by atoms with Gasteiger partial charge in [-0.25, -0.2) is 0 Å². The first kappa shape index (κ1) is 17.6. The Morgan fingerprint density at radius 2 is 1.63 bits per heavy atom. The SMILES string of the molecule is CC(O)C(Oc1cccc2[nH]c3ccccc3c12)N(C)Cc1ccccc1. The number of likely N-dealkylation sites (N-methyl/N-ethyl adjacent to an activating group) is 1. The van der Waals surface area contributed by atoms with Crippen molar-refractivity contribution in [2.45, 2.75) is 25.8 Å². The van der Waals surface area contributed by atoms with Gasteiger partial charge in [0.05, 0.1) is 5.52 Å². The van der Waals surface area contributed by atoms with E-state index in [2.05, 4.69) is 29.2 Å². The zero-order valence-electron chi connectivity index (χ0n) is 15.6. The van der Waals surface area contributed by atoms with Gasteiger partial charge in [-0.2, -0.15) is 0 Å². The van der Waals surface area contributed by atoms with Crippen molar-refractivity contribution in [1.82, 2.24) is 9.88 Å². The van der Waals surface area contributed by atoms with E-state index >= 15 is 0 Å². The molecule has 0 spiro atoms. The number of ether oxygens (including phenoxy) is 1. The van der Waals surface area contributed by atoms with Crippen LogP contribution >= 0.6 is 0 Å². The molecule has 2 unspecified atom stereocenters. The lowest BCUT2D eigenvalue weighted by Crippen LogP contribution is -2.44. The highest BCUT2D eigenvalue weighted by molar-refractivity contribution is 6.10. The second kappa shape index (κ2) is 7.43. The lowest BCUT2D eigenvalue weighted by Gasteiger charge is -2.31. The minimum atomic E-state index is -0.640. The lowest BCUT2D eigenvalue weighted by molar-refractivity contribution is -0.0492. The van der Waals surface area contributed by atoms with Crippen molar-refractivity contribution in [1.29, 1.82) is 0 Å². The van der Waals surface area contributed by atoms with Gasteiger partial charge in [0.25, 0.3) is 0 Å². The highest BCUT2D eigenvalue weighted by Crippen LogP contribution is 2.34. The Hall–Kier alpha value is -2.82. The van der Waals surface area contributed by atoms with E-state index in [0.717, 1.165) is 27.6 Å². The molecule has 0 saturated carbocycles. The van der Waals surface area contributed by atoms with Gasteiger partial charge in [0.2, 0.25) is 0 Å². The summed E-state index contributed by atoms with van der Waals surface area (Å²) in [6.45, 7) is 2.46. The van der Waals surface area contributed by atoms with Gasteiger partial charge in [0, 0.05) is 22.8 Å². The molecule has 138 valence electrons. The van der Waals surface area contributed by atoms with E-state index in [9.17, 15) is 5.11 Å². The van der Waals surface area contributed by atoms with Crippen LogP contribution in [0.4, 0.5) is 0 Å². The molecule has 0 aliphatic rings. The largest absolute Gasteiger partial charge is 0.472 e. The van der Waals surface area contributed by atoms with Gasteiger partial charge in [-0.15, -0.1) is 0 Å². The van der Waals surface area contributed by atoms with Crippen LogP contribution in [0.2, 0.25) is 0 Å². The molecule has 3 aromatic carbocycles. The zero-order chi connectivity index (χ0) is 18.8. The molecule has 2 atom stereocenters. The molecule has 1 heterocycles. The van der Waals surface area contributed by atoms with E-state index in [0.29, 0.717) is 6.54 Å². The van der Waals surface area contributed by atoms with Crippen LogP contribution in [0.3, 0.4) is 0 Å². The summed E-state index contributed by atoms with van der Waals surface area (Å²) in [4.78, 5) is 5.47. The van der Waals surface area contributed by atoms with Crippen LogP contribution in [0.15, 0.2) is 72.8 Å². The van der Waals surface area contributed by atoms with E-state index in [4.69, 9.17) is 4.74 Å². The highest BCUT2D eigenvalue weighted by atomic mass is 16.5. The molecule has 0 amide bonds. The number of hydrogen-bond acceptors (Lipinski definition) is 3. The number of nitrogens with one attached hydrogen (secondary N) is 1. The Labute approximate surface area is 159 Å². The second-order valence-electron chi connectivity index (χ2n) is 7.00. The lowest BCUT2D eigenvalue weighted by atomic mass is 10.1. The number of para-hydroxylation sites is 1. The molecule has 4 nitrogen and oxygen atoms in total. The topological polar surface area (TPSA) is 48.5 Å². The van der Waals surface area contributed by atoms with Crippen LogP contribution in [0, 0.1) is 0 Å². The van der Waals surface area contributed by atoms with Gasteiger partial charge in [0.15, 0.2) is 6.23 Å². The van der Waals surface area contributed by atoms with Crippen LogP contribution in [0.5, 0.6) is 5.75 Å². The fraction of sp³-hybridized carbons (Fsp3) is 0.217. The fourth-order valence-electron chi connectivity index (χ4n) is 3.61. The summed E-state index contributed by atoms with van der Waals surface area (Å²) in [7, 11) is 1.97. The first-order valence-corrected chi connectivity index (χ1v) is 9.22. The number of aromatic nitrogens is 1. The number of aliphatic hydroxyl groups excluding tert-OH is 1. The number of benzene rings is 3. The third-order valence-electron chi connectivity index (χ3n) is 4.86. The number of fused-ring (bicyclic) bond motifs is 3. The average molecular weight is 360 g/mol. The fourth-order valence-corrected chi connectivity index (χ4v) is 3.61. The van der Waals surface area contributed by atoms with Crippen LogP contribution in [0.1, 0.15) is 12.5 Å². The average Bonchev–Trinajstić information content (AvgIpc) is 3.06. The van der Waals surface area contributed by atoms with Crippen LogP contribution in [-0.4, -0.2) is 34.4 Å². The first-order chi connectivity index (χ1) is 13.1. The van der Waals surface area contributed by atoms with Crippen molar-refractivity contribution >= 4 is 21.8 Å². The molecule has 4 rings (SSSR count). The quantitative estimate of drug-likeness (QED) is 0.496. The molecule has 0 aliphatic carbocycles. The number of hydrogen-bond donors (Lipinski definition) is 2. The molecule has 1 aromatic heterocycles. The van der Waals surface area contributed by atoms with Crippen molar-refractivity contribution in [3.63, 3.8) is 0 Å². The van der Waals surface area contributed by atoms with E-state index in [-0.39, 0.29) is 0 Å². The van der Waals surface area contributed by atoms with Gasteiger partial charge in [-0.1, -0.05) is 54.6 Å². The van der Waals surface area contributed by atoms with Crippen molar-refractivity contribution in [2.24, 2.45) is 0 Å². The Kier molecular flexibility index (Phi) is 4.84. The summed E-state index contributed by atoms with van der Waals surface area (Å²) in [6.07, 6.45) is -1.09. The van der Waals surface area contributed by atoms with Crippen LogP contribution < -0.4 is 4.74 Å². The normalized spacial score (nSPS) is 13.9. The summed E-state index contributed by atoms with van der Waals surface area (Å²) in [5.74, 6) is 0.774. The second-order valence-corrected chi connectivity index (χ2v) is 7.00. The zero-order valence-corrected chi connectivity index (χ0v) is 15.6. The Balaban J connectivity index is 1.68. The summed E-state index contributed by atoms with van der Waals surface area (Å²) in [5.41, 5.74) is 3.29. The maximum Gasteiger partial charge on any atom is 0.178 e. The monoisotopic (exact) mass is 360 g/mol. The van der Waals surface area contributed by atoms with E-state index in [1.165, 1.54) is 5.56 Å². The smallest absolute Gasteiger partial charge is 0.178 e. The molecular formula is C23H24N2O2. The first-order valence-electron chi connectivity index (χ1n) is 9.22. The van der Waals surface area contributed by atoms with Crippen LogP contribution in [0.25, 0.3) is 21.8 Å². The Morgan fingerprint density at radius 3 is 2.41 bits per heavy atom. The predicted octanol–water partition coefficient (Wildman–Crippen LogP) is 4.54. The van der Waals surface area contributed by atoms with Crippen molar-refractivity contribution in [3.05, 3.63) is 78.4 Å². The Morgan fingerprint density at radius 1 is 0.926 bits per heavy atom. The highest BCUT2D eigenvalue weighted by Gasteiger charge is 2.23. The number of aromatic amines is 1. The number of nitrogens with zero attached hydrogens (tertiary/aromatic N) is 1. The summed E-state index contributed by atoms with van der Waals surface area (Å²) in [5, 5.41) is 12.6. The molecule has 4 aromatic rings. The van der Waals surface area contributed by atoms with Gasteiger partial charge in [-0.3, -0.25) is 4.90 Å². The van der Waals surface area contributed by atoms with Crippen molar-refractivity contribution < 1.29 is 9.84 Å². The minimum absolute atomic E-state index is 0.454. The molecule has 0 aliphatic heterocycles. The van der Waals surface area contributed by atoms with Gasteiger partial charge < -0.3 is 14.8 Å². The predicted molar refractivity (Wildman–Crippen MR) is 110 cm³/mol. The maximum absolute atomic E-state index is 10.4. The van der Waals surface area contributed by atoms with Gasteiger partial charge >= 0.3 is 0 Å². The Bertz CT molecular complexity index is 1040. The summed E-state index contributed by atoms with van der Waals surface area (Å²) in [6, 6.07) is 24.4. The molecule has 0 fully saturated rings. The van der Waals surface area contributed by atoms with Gasteiger partial charge in [-0.05, 0) is 37.7 Å². The van der Waals surface area contributed by atoms with E-state index in [1.807, 2.05) is 60.5 Å². The molecule has 0 radical (unpaired) electrons. The van der Waals surface area contributed by atoms with E-state index < -0.39 is 12.3 Å². The third kappa shape index (κ3) is 3.54. The van der Waals surface area contributed by atoms with E-state index in [1.54, 1.807) is 6.92 Å². The molecular weight excluding hydrogens is 336 g/mol. The molecule has 27 heavy (non-hydrogen) atoms.